The Balaban J connectivity index is 1.79. The molecule has 3 aromatic rings. The molecule has 0 bridgehead atoms. The Morgan fingerprint density at radius 2 is 2.00 bits per heavy atom. The maximum absolute atomic E-state index is 12.2. The Hall–Kier alpha value is -2.99. The SMILES string of the molecule is CCn1cnnc1-c1cccc(NC(=O)C(O)c2ccccc2)c1. The number of nitrogens with one attached hydrogen (secondary N) is 1. The van der Waals surface area contributed by atoms with E-state index in [0.29, 0.717) is 11.3 Å². The number of benzene rings is 2. The van der Waals surface area contributed by atoms with E-state index in [1.165, 1.54) is 0 Å². The van der Waals surface area contributed by atoms with Crippen molar-refractivity contribution in [1.29, 1.82) is 0 Å². The molecule has 6 heteroatoms. The second kappa shape index (κ2) is 7.06. The van der Waals surface area contributed by atoms with E-state index in [1.54, 1.807) is 36.7 Å². The van der Waals surface area contributed by atoms with Crippen LogP contribution in [0.2, 0.25) is 0 Å². The molecule has 1 atom stereocenters. The lowest BCUT2D eigenvalue weighted by Crippen LogP contribution is -2.20. The lowest BCUT2D eigenvalue weighted by atomic mass is 10.1. The first-order chi connectivity index (χ1) is 11.7. The van der Waals surface area contributed by atoms with Crippen molar-refractivity contribution in [3.05, 3.63) is 66.5 Å². The van der Waals surface area contributed by atoms with Crippen molar-refractivity contribution in [2.45, 2.75) is 19.6 Å². The summed E-state index contributed by atoms with van der Waals surface area (Å²) in [6, 6.07) is 16.1. The number of aryl methyl sites for hydroxylation is 1. The van der Waals surface area contributed by atoms with Gasteiger partial charge in [-0.3, -0.25) is 4.79 Å². The fourth-order valence-corrected chi connectivity index (χ4v) is 2.44. The van der Waals surface area contributed by atoms with Gasteiger partial charge in [-0.1, -0.05) is 42.5 Å². The third kappa shape index (κ3) is 3.33. The summed E-state index contributed by atoms with van der Waals surface area (Å²) in [6.45, 7) is 2.76. The van der Waals surface area contributed by atoms with Crippen LogP contribution >= 0.6 is 0 Å². The number of rotatable bonds is 5. The highest BCUT2D eigenvalue weighted by molar-refractivity contribution is 5.95. The van der Waals surface area contributed by atoms with E-state index in [9.17, 15) is 9.90 Å². The average Bonchev–Trinajstić information content (AvgIpc) is 3.11. The molecule has 1 heterocycles. The summed E-state index contributed by atoms with van der Waals surface area (Å²) in [6.07, 6.45) is 0.453. The van der Waals surface area contributed by atoms with E-state index in [-0.39, 0.29) is 0 Å². The van der Waals surface area contributed by atoms with Gasteiger partial charge in [-0.25, -0.2) is 0 Å². The summed E-state index contributed by atoms with van der Waals surface area (Å²) in [5.41, 5.74) is 2.00. The smallest absolute Gasteiger partial charge is 0.257 e. The third-order valence-electron chi connectivity index (χ3n) is 3.71. The molecule has 1 amide bonds. The first-order valence-electron chi connectivity index (χ1n) is 7.71. The van der Waals surface area contributed by atoms with E-state index < -0.39 is 12.0 Å². The number of aliphatic hydroxyl groups is 1. The number of aliphatic hydroxyl groups excluding tert-OH is 1. The van der Waals surface area contributed by atoms with Gasteiger partial charge >= 0.3 is 0 Å². The third-order valence-corrected chi connectivity index (χ3v) is 3.71. The molecule has 0 saturated heterocycles. The molecule has 2 aromatic carbocycles. The predicted octanol–water partition coefficient (Wildman–Crippen LogP) is 2.64. The molecule has 2 N–H and O–H groups in total. The Morgan fingerprint density at radius 1 is 1.21 bits per heavy atom. The van der Waals surface area contributed by atoms with Gasteiger partial charge in [-0.05, 0) is 24.6 Å². The van der Waals surface area contributed by atoms with Crippen molar-refractivity contribution < 1.29 is 9.90 Å². The summed E-state index contributed by atoms with van der Waals surface area (Å²) >= 11 is 0. The van der Waals surface area contributed by atoms with Crippen LogP contribution in [-0.2, 0) is 11.3 Å². The Bertz CT molecular complexity index is 830. The quantitative estimate of drug-likeness (QED) is 0.757. The fraction of sp³-hybridized carbons (Fsp3) is 0.167. The maximum Gasteiger partial charge on any atom is 0.257 e. The van der Waals surface area contributed by atoms with Gasteiger partial charge in [0.25, 0.3) is 5.91 Å². The summed E-state index contributed by atoms with van der Waals surface area (Å²) in [5.74, 6) is 0.257. The summed E-state index contributed by atoms with van der Waals surface area (Å²) in [5, 5.41) is 20.9. The monoisotopic (exact) mass is 322 g/mol. The van der Waals surface area contributed by atoms with E-state index in [2.05, 4.69) is 15.5 Å². The fourth-order valence-electron chi connectivity index (χ4n) is 2.44. The lowest BCUT2D eigenvalue weighted by Gasteiger charge is -2.12. The minimum absolute atomic E-state index is 0.477. The lowest BCUT2D eigenvalue weighted by molar-refractivity contribution is -0.124. The highest BCUT2D eigenvalue weighted by Crippen LogP contribution is 2.22. The zero-order valence-corrected chi connectivity index (χ0v) is 13.3. The van der Waals surface area contributed by atoms with Crippen LogP contribution in [0.1, 0.15) is 18.6 Å². The predicted molar refractivity (Wildman–Crippen MR) is 91.2 cm³/mol. The van der Waals surface area contributed by atoms with E-state index in [0.717, 1.165) is 17.9 Å². The molecule has 0 aliphatic rings. The van der Waals surface area contributed by atoms with Gasteiger partial charge in [-0.2, -0.15) is 0 Å². The van der Waals surface area contributed by atoms with Crippen LogP contribution in [0.4, 0.5) is 5.69 Å². The Morgan fingerprint density at radius 3 is 2.75 bits per heavy atom. The van der Waals surface area contributed by atoms with Gasteiger partial charge in [0.05, 0.1) is 0 Å². The van der Waals surface area contributed by atoms with Gasteiger partial charge < -0.3 is 15.0 Å². The highest BCUT2D eigenvalue weighted by atomic mass is 16.3. The van der Waals surface area contributed by atoms with E-state index in [4.69, 9.17) is 0 Å². The normalized spacial score (nSPS) is 11.9. The molecule has 0 saturated carbocycles. The van der Waals surface area contributed by atoms with Gasteiger partial charge in [0.15, 0.2) is 11.9 Å². The number of nitrogens with zero attached hydrogens (tertiary/aromatic N) is 3. The molecule has 122 valence electrons. The first kappa shape index (κ1) is 15.9. The van der Waals surface area contributed by atoms with Crippen molar-refractivity contribution in [3.8, 4) is 11.4 Å². The number of hydrogen-bond acceptors (Lipinski definition) is 4. The molecule has 0 aliphatic heterocycles. The first-order valence-corrected chi connectivity index (χ1v) is 7.71. The van der Waals surface area contributed by atoms with Crippen LogP contribution < -0.4 is 5.32 Å². The molecule has 1 aromatic heterocycles. The number of aromatic nitrogens is 3. The average molecular weight is 322 g/mol. The molecule has 0 aliphatic carbocycles. The van der Waals surface area contributed by atoms with Gasteiger partial charge in [0, 0.05) is 17.8 Å². The zero-order chi connectivity index (χ0) is 16.9. The zero-order valence-electron chi connectivity index (χ0n) is 13.3. The largest absolute Gasteiger partial charge is 0.378 e. The molecular formula is C18H18N4O2. The molecule has 0 fully saturated rings. The molecule has 3 rings (SSSR count). The highest BCUT2D eigenvalue weighted by Gasteiger charge is 2.17. The number of carbonyl (C=O) groups excluding carboxylic acids is 1. The molecule has 0 spiro atoms. The van der Waals surface area contributed by atoms with Crippen LogP contribution in [0.3, 0.4) is 0 Å². The van der Waals surface area contributed by atoms with Crippen molar-refractivity contribution in [1.82, 2.24) is 14.8 Å². The maximum atomic E-state index is 12.2. The minimum Gasteiger partial charge on any atom is -0.378 e. The van der Waals surface area contributed by atoms with Gasteiger partial charge in [0.2, 0.25) is 0 Å². The summed E-state index contributed by atoms with van der Waals surface area (Å²) < 4.78 is 1.92. The second-order valence-corrected chi connectivity index (χ2v) is 5.32. The molecule has 1 unspecified atom stereocenters. The van der Waals surface area contributed by atoms with Crippen molar-refractivity contribution in [3.63, 3.8) is 0 Å². The van der Waals surface area contributed by atoms with E-state index >= 15 is 0 Å². The van der Waals surface area contributed by atoms with Gasteiger partial charge in [-0.15, -0.1) is 10.2 Å². The van der Waals surface area contributed by atoms with Crippen LogP contribution in [0.15, 0.2) is 60.9 Å². The van der Waals surface area contributed by atoms with Crippen LogP contribution in [0.5, 0.6) is 0 Å². The van der Waals surface area contributed by atoms with Gasteiger partial charge in [0.1, 0.15) is 6.33 Å². The molecule has 0 radical (unpaired) electrons. The van der Waals surface area contributed by atoms with E-state index in [1.807, 2.05) is 35.8 Å². The standard InChI is InChI=1S/C18H18N4O2/c1-2-22-12-19-21-17(22)14-9-6-10-15(11-14)20-18(24)16(23)13-7-4-3-5-8-13/h3-12,16,23H,2H2,1H3,(H,20,24). The van der Waals surface area contributed by atoms with Crippen LogP contribution in [-0.4, -0.2) is 25.8 Å². The number of hydrogen-bond donors (Lipinski definition) is 2. The summed E-state index contributed by atoms with van der Waals surface area (Å²) in [7, 11) is 0. The summed E-state index contributed by atoms with van der Waals surface area (Å²) in [4.78, 5) is 12.2. The molecule has 6 nitrogen and oxygen atoms in total. The molecule has 24 heavy (non-hydrogen) atoms. The van der Waals surface area contributed by atoms with Crippen molar-refractivity contribution in [2.75, 3.05) is 5.32 Å². The second-order valence-electron chi connectivity index (χ2n) is 5.32. The van der Waals surface area contributed by atoms with Crippen molar-refractivity contribution >= 4 is 11.6 Å². The van der Waals surface area contributed by atoms with Crippen molar-refractivity contribution in [2.24, 2.45) is 0 Å². The Kier molecular flexibility index (Phi) is 4.67. The minimum atomic E-state index is -1.21. The topological polar surface area (TPSA) is 80.0 Å². The number of carbonyl (C=O) groups is 1. The molecular weight excluding hydrogens is 304 g/mol. The van der Waals surface area contributed by atoms with Crippen LogP contribution in [0, 0.1) is 0 Å². The van der Waals surface area contributed by atoms with Crippen LogP contribution in [0.25, 0.3) is 11.4 Å². The number of anilines is 1. The number of amides is 1. The Labute approximate surface area is 139 Å².